The summed E-state index contributed by atoms with van der Waals surface area (Å²) in [6.45, 7) is 11.5. The number of carbonyl (C=O) groups excluding carboxylic acids is 1. The van der Waals surface area contributed by atoms with Crippen molar-refractivity contribution in [1.82, 2.24) is 9.80 Å². The fourth-order valence-electron chi connectivity index (χ4n) is 4.42. The van der Waals surface area contributed by atoms with Crippen LogP contribution in [0.4, 0.5) is 11.4 Å². The predicted octanol–water partition coefficient (Wildman–Crippen LogP) is 2.61. The quantitative estimate of drug-likeness (QED) is 0.598. The van der Waals surface area contributed by atoms with Gasteiger partial charge in [-0.2, -0.15) is 0 Å². The van der Waals surface area contributed by atoms with E-state index in [1.807, 2.05) is 11.8 Å². The van der Waals surface area contributed by atoms with Gasteiger partial charge in [0.15, 0.2) is 0 Å². The number of carbonyl (C=O) groups is 1. The molecule has 2 heterocycles. The van der Waals surface area contributed by atoms with E-state index in [4.69, 9.17) is 0 Å². The second kappa shape index (κ2) is 8.25. The Morgan fingerprint density at radius 3 is 2.15 bits per heavy atom. The number of nitro benzene ring substituents is 1. The fourth-order valence-corrected chi connectivity index (χ4v) is 4.42. The van der Waals surface area contributed by atoms with Crippen LogP contribution in [0.5, 0.6) is 0 Å². The van der Waals surface area contributed by atoms with Crippen LogP contribution in [0.15, 0.2) is 24.3 Å². The van der Waals surface area contributed by atoms with Crippen molar-refractivity contribution in [2.45, 2.75) is 33.2 Å². The molecule has 1 aromatic rings. The summed E-state index contributed by atoms with van der Waals surface area (Å²) < 4.78 is 0. The number of rotatable bonds is 4. The van der Waals surface area contributed by atoms with Gasteiger partial charge >= 0.3 is 0 Å². The molecule has 1 aromatic carbocycles. The molecule has 1 amide bonds. The van der Waals surface area contributed by atoms with E-state index in [9.17, 15) is 14.9 Å². The molecular weight excluding hydrogens is 344 g/mol. The van der Waals surface area contributed by atoms with E-state index in [1.54, 1.807) is 24.3 Å². The number of nitrogens with zero attached hydrogens (tertiary/aromatic N) is 4. The first kappa shape index (κ1) is 19.6. The number of piperazine rings is 1. The van der Waals surface area contributed by atoms with Crippen molar-refractivity contribution in [1.29, 1.82) is 0 Å². The smallest absolute Gasteiger partial charge is 0.269 e. The van der Waals surface area contributed by atoms with Gasteiger partial charge in [0.25, 0.3) is 5.69 Å². The number of anilines is 1. The summed E-state index contributed by atoms with van der Waals surface area (Å²) in [6.07, 6.45) is 1.20. The highest BCUT2D eigenvalue weighted by atomic mass is 16.6. The first-order chi connectivity index (χ1) is 12.8. The fraction of sp³-hybridized carbons (Fsp3) is 0.650. The largest absolute Gasteiger partial charge is 0.369 e. The number of hydrogen-bond acceptors (Lipinski definition) is 5. The molecule has 3 atom stereocenters. The highest BCUT2D eigenvalue weighted by Crippen LogP contribution is 2.24. The Morgan fingerprint density at radius 1 is 1.07 bits per heavy atom. The van der Waals surface area contributed by atoms with Crippen LogP contribution in [0, 0.1) is 22.0 Å². The number of piperidine rings is 1. The lowest BCUT2D eigenvalue weighted by Crippen LogP contribution is -2.56. The minimum Gasteiger partial charge on any atom is -0.369 e. The van der Waals surface area contributed by atoms with E-state index in [2.05, 4.69) is 23.6 Å². The van der Waals surface area contributed by atoms with Gasteiger partial charge in [-0.25, -0.2) is 0 Å². The van der Waals surface area contributed by atoms with E-state index in [1.165, 1.54) is 6.42 Å². The molecule has 0 unspecified atom stereocenters. The van der Waals surface area contributed by atoms with Crippen molar-refractivity contribution in [2.24, 2.45) is 11.8 Å². The summed E-state index contributed by atoms with van der Waals surface area (Å²) in [4.78, 5) is 29.9. The van der Waals surface area contributed by atoms with Crippen LogP contribution in [0.3, 0.4) is 0 Å². The standard InChI is InChI=1S/C20H30N4O3/c1-15-12-16(2)14-23(13-15)20(25)17(3)21-8-10-22(11-9-21)18-4-6-19(7-5-18)24(26)27/h4-7,15-17H,8-14H2,1-3H3/t15-,16-,17+/m0/s1. The maximum Gasteiger partial charge on any atom is 0.269 e. The van der Waals surface area contributed by atoms with Crippen molar-refractivity contribution in [2.75, 3.05) is 44.2 Å². The molecule has 0 radical (unpaired) electrons. The molecule has 3 rings (SSSR count). The summed E-state index contributed by atoms with van der Waals surface area (Å²) in [5.41, 5.74) is 1.11. The number of benzene rings is 1. The third kappa shape index (κ3) is 4.58. The lowest BCUT2D eigenvalue weighted by molar-refractivity contribution is -0.384. The summed E-state index contributed by atoms with van der Waals surface area (Å²) >= 11 is 0. The van der Waals surface area contributed by atoms with Gasteiger partial charge in [0, 0.05) is 57.1 Å². The second-order valence-electron chi connectivity index (χ2n) is 8.16. The van der Waals surface area contributed by atoms with Crippen LogP contribution in [0.1, 0.15) is 27.2 Å². The van der Waals surface area contributed by atoms with E-state index < -0.39 is 0 Å². The highest BCUT2D eigenvalue weighted by molar-refractivity contribution is 5.81. The Hall–Kier alpha value is -2.15. The van der Waals surface area contributed by atoms with Crippen molar-refractivity contribution < 1.29 is 9.72 Å². The van der Waals surface area contributed by atoms with Gasteiger partial charge in [-0.05, 0) is 37.3 Å². The Kier molecular flexibility index (Phi) is 5.99. The highest BCUT2D eigenvalue weighted by Gasteiger charge is 2.32. The van der Waals surface area contributed by atoms with E-state index in [0.717, 1.165) is 45.0 Å². The molecule has 0 bridgehead atoms. The monoisotopic (exact) mass is 374 g/mol. The zero-order chi connectivity index (χ0) is 19.6. The molecule has 27 heavy (non-hydrogen) atoms. The summed E-state index contributed by atoms with van der Waals surface area (Å²) in [6, 6.07) is 6.61. The molecule has 7 heteroatoms. The van der Waals surface area contributed by atoms with Gasteiger partial charge in [-0.3, -0.25) is 19.8 Å². The molecule has 0 N–H and O–H groups in total. The van der Waals surface area contributed by atoms with Gasteiger partial charge in [0.05, 0.1) is 11.0 Å². The minimum absolute atomic E-state index is 0.0958. The molecule has 0 aliphatic carbocycles. The van der Waals surface area contributed by atoms with Gasteiger partial charge < -0.3 is 9.80 Å². The summed E-state index contributed by atoms with van der Waals surface area (Å²) in [5.74, 6) is 1.39. The van der Waals surface area contributed by atoms with Crippen LogP contribution in [0.2, 0.25) is 0 Å². The maximum absolute atomic E-state index is 12.9. The topological polar surface area (TPSA) is 69.9 Å². The molecule has 7 nitrogen and oxygen atoms in total. The molecule has 148 valence electrons. The first-order valence-electron chi connectivity index (χ1n) is 9.87. The summed E-state index contributed by atoms with van der Waals surface area (Å²) in [7, 11) is 0. The molecule has 0 spiro atoms. The number of nitro groups is 1. The zero-order valence-corrected chi connectivity index (χ0v) is 16.5. The van der Waals surface area contributed by atoms with Crippen molar-refractivity contribution in [3.63, 3.8) is 0 Å². The Bertz CT molecular complexity index is 660. The van der Waals surface area contributed by atoms with Crippen molar-refractivity contribution in [3.05, 3.63) is 34.4 Å². The molecule has 2 fully saturated rings. The van der Waals surface area contributed by atoms with Crippen LogP contribution in [0.25, 0.3) is 0 Å². The maximum atomic E-state index is 12.9. The molecular formula is C20H30N4O3. The second-order valence-corrected chi connectivity index (χ2v) is 8.16. The van der Waals surface area contributed by atoms with Gasteiger partial charge in [-0.15, -0.1) is 0 Å². The minimum atomic E-state index is -0.378. The van der Waals surface area contributed by atoms with Crippen LogP contribution >= 0.6 is 0 Å². The Balaban J connectivity index is 1.55. The number of non-ortho nitro benzene ring substituents is 1. The molecule has 0 saturated carbocycles. The molecule has 2 aliphatic rings. The first-order valence-corrected chi connectivity index (χ1v) is 9.87. The average Bonchev–Trinajstić information content (AvgIpc) is 2.66. The molecule has 0 aromatic heterocycles. The third-order valence-corrected chi connectivity index (χ3v) is 5.83. The lowest BCUT2D eigenvalue weighted by Gasteiger charge is -2.42. The normalized spacial score (nSPS) is 25.3. The molecule has 2 saturated heterocycles. The van der Waals surface area contributed by atoms with Crippen LogP contribution in [-0.2, 0) is 4.79 Å². The number of amides is 1. The van der Waals surface area contributed by atoms with Crippen molar-refractivity contribution >= 4 is 17.3 Å². The summed E-state index contributed by atoms with van der Waals surface area (Å²) in [5, 5.41) is 10.8. The Labute approximate surface area is 161 Å². The zero-order valence-electron chi connectivity index (χ0n) is 16.5. The third-order valence-electron chi connectivity index (χ3n) is 5.83. The predicted molar refractivity (Wildman–Crippen MR) is 106 cm³/mol. The van der Waals surface area contributed by atoms with Crippen molar-refractivity contribution in [3.8, 4) is 0 Å². The van der Waals surface area contributed by atoms with E-state index in [-0.39, 0.29) is 22.6 Å². The number of likely N-dealkylation sites (tertiary alicyclic amines) is 1. The van der Waals surface area contributed by atoms with E-state index >= 15 is 0 Å². The SMILES string of the molecule is C[C@H]1C[C@H](C)CN(C(=O)[C@@H](C)N2CCN(c3ccc([N+](=O)[O-])cc3)CC2)C1. The van der Waals surface area contributed by atoms with E-state index in [0.29, 0.717) is 11.8 Å². The van der Waals surface area contributed by atoms with Gasteiger partial charge in [0.2, 0.25) is 5.91 Å². The van der Waals surface area contributed by atoms with Crippen LogP contribution < -0.4 is 4.90 Å². The Morgan fingerprint density at radius 2 is 1.63 bits per heavy atom. The average molecular weight is 374 g/mol. The van der Waals surface area contributed by atoms with Crippen LogP contribution in [-0.4, -0.2) is 65.9 Å². The molecule has 2 aliphatic heterocycles. The lowest BCUT2D eigenvalue weighted by atomic mass is 9.91. The number of hydrogen-bond donors (Lipinski definition) is 0. The van der Waals surface area contributed by atoms with Gasteiger partial charge in [0.1, 0.15) is 0 Å². The van der Waals surface area contributed by atoms with Gasteiger partial charge in [-0.1, -0.05) is 13.8 Å².